The van der Waals surface area contributed by atoms with Gasteiger partial charge in [0.1, 0.15) is 12.4 Å². The summed E-state index contributed by atoms with van der Waals surface area (Å²) in [6.45, 7) is 2.34. The van der Waals surface area contributed by atoms with Crippen molar-refractivity contribution in [2.75, 3.05) is 0 Å². The van der Waals surface area contributed by atoms with Crippen molar-refractivity contribution in [3.05, 3.63) is 61.5 Å². The minimum Gasteiger partial charge on any atom is -0.488 e. The molecular formula is C15H14Br2ClNO. The molecule has 0 aliphatic heterocycles. The molecule has 2 nitrogen and oxygen atoms in total. The standard InChI is InChI=1S/C15H14Br2ClNO/c1-9(19)13-5-4-12(17)7-15(13)20-8-10-2-3-11(16)6-14(10)18/h2-7,9H,8,19H2,1H3/t9-/m1/s1. The molecule has 0 radical (unpaired) electrons. The Morgan fingerprint density at radius 2 is 1.80 bits per heavy atom. The SMILES string of the molecule is C[C@@H](N)c1ccc(Br)cc1OCc1ccc(Br)cc1Cl. The van der Waals surface area contributed by atoms with Crippen LogP contribution < -0.4 is 10.5 Å². The number of nitrogens with two attached hydrogens (primary N) is 1. The Morgan fingerprint density at radius 3 is 2.45 bits per heavy atom. The zero-order chi connectivity index (χ0) is 14.7. The largest absolute Gasteiger partial charge is 0.488 e. The van der Waals surface area contributed by atoms with E-state index in [0.29, 0.717) is 11.6 Å². The summed E-state index contributed by atoms with van der Waals surface area (Å²) in [6.07, 6.45) is 0. The van der Waals surface area contributed by atoms with Gasteiger partial charge in [0.15, 0.2) is 0 Å². The Balaban J connectivity index is 2.20. The number of benzene rings is 2. The Bertz CT molecular complexity index is 617. The van der Waals surface area contributed by atoms with Crippen molar-refractivity contribution in [1.82, 2.24) is 0 Å². The zero-order valence-corrected chi connectivity index (χ0v) is 14.8. The van der Waals surface area contributed by atoms with Crippen LogP contribution in [0.3, 0.4) is 0 Å². The van der Waals surface area contributed by atoms with Crippen LogP contribution in [0.25, 0.3) is 0 Å². The van der Waals surface area contributed by atoms with Crippen LogP contribution in [0.5, 0.6) is 5.75 Å². The second kappa shape index (κ2) is 6.94. The summed E-state index contributed by atoms with van der Waals surface area (Å²) >= 11 is 13.0. The van der Waals surface area contributed by atoms with Gasteiger partial charge in [-0.15, -0.1) is 0 Å². The number of hydrogen-bond donors (Lipinski definition) is 1. The van der Waals surface area contributed by atoms with E-state index in [-0.39, 0.29) is 6.04 Å². The molecule has 0 saturated heterocycles. The third-order valence-corrected chi connectivity index (χ3v) is 4.20. The lowest BCUT2D eigenvalue weighted by molar-refractivity contribution is 0.301. The Morgan fingerprint density at radius 1 is 1.15 bits per heavy atom. The Hall–Kier alpha value is -0.550. The summed E-state index contributed by atoms with van der Waals surface area (Å²) in [5, 5.41) is 0.678. The molecule has 0 unspecified atom stereocenters. The summed E-state index contributed by atoms with van der Waals surface area (Å²) < 4.78 is 7.78. The van der Waals surface area contributed by atoms with Crippen LogP contribution in [0.2, 0.25) is 5.02 Å². The summed E-state index contributed by atoms with van der Waals surface area (Å²) in [4.78, 5) is 0. The highest BCUT2D eigenvalue weighted by Crippen LogP contribution is 2.29. The van der Waals surface area contributed by atoms with E-state index in [9.17, 15) is 0 Å². The van der Waals surface area contributed by atoms with Crippen molar-refractivity contribution in [1.29, 1.82) is 0 Å². The van der Waals surface area contributed by atoms with Crippen LogP contribution in [0.1, 0.15) is 24.1 Å². The molecule has 2 aromatic carbocycles. The van der Waals surface area contributed by atoms with E-state index >= 15 is 0 Å². The van der Waals surface area contributed by atoms with Gasteiger partial charge in [-0.2, -0.15) is 0 Å². The summed E-state index contributed by atoms with van der Waals surface area (Å²) in [5.74, 6) is 0.772. The van der Waals surface area contributed by atoms with Gasteiger partial charge in [0.05, 0.1) is 0 Å². The van der Waals surface area contributed by atoms with Gasteiger partial charge in [-0.25, -0.2) is 0 Å². The average molecular weight is 420 g/mol. The van der Waals surface area contributed by atoms with Crippen LogP contribution in [0, 0.1) is 0 Å². The first-order chi connectivity index (χ1) is 9.47. The van der Waals surface area contributed by atoms with Crippen LogP contribution in [-0.2, 0) is 6.61 Å². The highest BCUT2D eigenvalue weighted by molar-refractivity contribution is 9.10. The monoisotopic (exact) mass is 417 g/mol. The van der Waals surface area contributed by atoms with E-state index in [1.807, 2.05) is 43.3 Å². The Labute approximate surface area is 140 Å². The van der Waals surface area contributed by atoms with E-state index in [1.165, 1.54) is 0 Å². The lowest BCUT2D eigenvalue weighted by Crippen LogP contribution is -2.08. The van der Waals surface area contributed by atoms with Gasteiger partial charge in [-0.05, 0) is 31.2 Å². The highest BCUT2D eigenvalue weighted by atomic mass is 79.9. The zero-order valence-electron chi connectivity index (χ0n) is 10.9. The molecule has 5 heteroatoms. The van der Waals surface area contributed by atoms with E-state index in [2.05, 4.69) is 31.9 Å². The molecule has 106 valence electrons. The number of hydrogen-bond acceptors (Lipinski definition) is 2. The third kappa shape index (κ3) is 3.98. The van der Waals surface area contributed by atoms with Crippen molar-refractivity contribution >= 4 is 43.5 Å². The molecule has 2 N–H and O–H groups in total. The van der Waals surface area contributed by atoms with Gasteiger partial charge in [-0.1, -0.05) is 55.6 Å². The molecule has 1 atom stereocenters. The molecule has 0 amide bonds. The molecule has 0 spiro atoms. The predicted molar refractivity (Wildman–Crippen MR) is 90.2 cm³/mol. The Kier molecular flexibility index (Phi) is 5.49. The fraction of sp³-hybridized carbons (Fsp3) is 0.200. The second-order valence-electron chi connectivity index (χ2n) is 4.50. The van der Waals surface area contributed by atoms with Crippen LogP contribution in [0.15, 0.2) is 45.3 Å². The summed E-state index contributed by atoms with van der Waals surface area (Å²) in [7, 11) is 0. The quantitative estimate of drug-likeness (QED) is 0.714. The van der Waals surface area contributed by atoms with Crippen LogP contribution in [0.4, 0.5) is 0 Å². The highest BCUT2D eigenvalue weighted by Gasteiger charge is 2.10. The van der Waals surface area contributed by atoms with Gasteiger partial charge in [0.25, 0.3) is 0 Å². The van der Waals surface area contributed by atoms with Gasteiger partial charge in [-0.3, -0.25) is 0 Å². The molecule has 0 heterocycles. The average Bonchev–Trinajstić information content (AvgIpc) is 2.37. The number of ether oxygens (including phenoxy) is 1. The molecule has 0 aliphatic rings. The molecule has 0 aliphatic carbocycles. The summed E-state index contributed by atoms with van der Waals surface area (Å²) in [5.41, 5.74) is 7.86. The van der Waals surface area contributed by atoms with Crippen molar-refractivity contribution in [3.63, 3.8) is 0 Å². The van der Waals surface area contributed by atoms with E-state index in [1.54, 1.807) is 0 Å². The number of halogens is 3. The van der Waals surface area contributed by atoms with Crippen molar-refractivity contribution in [2.45, 2.75) is 19.6 Å². The van der Waals surface area contributed by atoms with Crippen LogP contribution >= 0.6 is 43.5 Å². The lowest BCUT2D eigenvalue weighted by Gasteiger charge is -2.15. The van der Waals surface area contributed by atoms with E-state index in [0.717, 1.165) is 25.8 Å². The fourth-order valence-electron chi connectivity index (χ4n) is 1.80. The van der Waals surface area contributed by atoms with Crippen molar-refractivity contribution in [2.24, 2.45) is 5.73 Å². The predicted octanol–water partition coefficient (Wildman–Crippen LogP) is 5.46. The molecule has 0 bridgehead atoms. The minimum atomic E-state index is -0.0847. The van der Waals surface area contributed by atoms with E-state index < -0.39 is 0 Å². The lowest BCUT2D eigenvalue weighted by atomic mass is 10.1. The van der Waals surface area contributed by atoms with Gasteiger partial charge < -0.3 is 10.5 Å². The number of rotatable bonds is 4. The van der Waals surface area contributed by atoms with E-state index in [4.69, 9.17) is 22.1 Å². The van der Waals surface area contributed by atoms with Gasteiger partial charge in [0.2, 0.25) is 0 Å². The maximum atomic E-state index is 6.19. The second-order valence-corrected chi connectivity index (χ2v) is 6.73. The maximum absolute atomic E-state index is 6.19. The topological polar surface area (TPSA) is 35.2 Å². The van der Waals surface area contributed by atoms with Gasteiger partial charge in [0, 0.05) is 31.1 Å². The summed E-state index contributed by atoms with van der Waals surface area (Å²) in [6, 6.07) is 11.5. The fourth-order valence-corrected chi connectivity index (χ4v) is 2.87. The van der Waals surface area contributed by atoms with Crippen LogP contribution in [-0.4, -0.2) is 0 Å². The molecule has 0 aromatic heterocycles. The van der Waals surface area contributed by atoms with Crippen molar-refractivity contribution in [3.8, 4) is 5.75 Å². The maximum Gasteiger partial charge on any atom is 0.125 e. The first kappa shape index (κ1) is 15.8. The van der Waals surface area contributed by atoms with Crippen molar-refractivity contribution < 1.29 is 4.74 Å². The minimum absolute atomic E-state index is 0.0847. The smallest absolute Gasteiger partial charge is 0.125 e. The normalized spacial score (nSPS) is 12.2. The molecule has 2 rings (SSSR count). The first-order valence-electron chi connectivity index (χ1n) is 6.09. The molecule has 0 saturated carbocycles. The molecule has 2 aromatic rings. The third-order valence-electron chi connectivity index (χ3n) is 2.86. The molecule has 0 fully saturated rings. The first-order valence-corrected chi connectivity index (χ1v) is 8.05. The molecular weight excluding hydrogens is 405 g/mol. The van der Waals surface area contributed by atoms with Gasteiger partial charge >= 0.3 is 0 Å². The molecule has 20 heavy (non-hydrogen) atoms.